The first-order chi connectivity index (χ1) is 12.3. The van der Waals surface area contributed by atoms with Gasteiger partial charge in [-0.1, -0.05) is 45.0 Å². The fraction of sp³-hybridized carbons (Fsp3) is 0.190. The number of aromatic hydroxyl groups is 1. The molecule has 0 fully saturated rings. The highest BCUT2D eigenvalue weighted by molar-refractivity contribution is 9.10. The lowest BCUT2D eigenvalue weighted by molar-refractivity contribution is 0.477. The van der Waals surface area contributed by atoms with E-state index in [9.17, 15) is 9.90 Å². The van der Waals surface area contributed by atoms with E-state index in [1.54, 1.807) is 6.07 Å². The number of nitrogens with one attached hydrogen (secondary N) is 1. The molecule has 0 saturated carbocycles. The van der Waals surface area contributed by atoms with E-state index < -0.39 is 0 Å². The summed E-state index contributed by atoms with van der Waals surface area (Å²) in [5, 5.41) is 14.3. The molecule has 2 N–H and O–H groups in total. The van der Waals surface area contributed by atoms with Gasteiger partial charge in [-0.05, 0) is 50.0 Å². The lowest BCUT2D eigenvalue weighted by Crippen LogP contribution is -2.10. The van der Waals surface area contributed by atoms with Crippen molar-refractivity contribution in [1.29, 1.82) is 0 Å². The van der Waals surface area contributed by atoms with Gasteiger partial charge in [0.15, 0.2) is 0 Å². The van der Waals surface area contributed by atoms with Crippen LogP contribution >= 0.6 is 27.3 Å². The Morgan fingerprint density at radius 1 is 1.12 bits per heavy atom. The highest BCUT2D eigenvalue weighted by atomic mass is 79.9. The van der Waals surface area contributed by atoms with Gasteiger partial charge in [-0.15, -0.1) is 11.3 Å². The molecule has 3 nitrogen and oxygen atoms in total. The maximum atomic E-state index is 12.4. The van der Waals surface area contributed by atoms with Crippen LogP contribution in [0, 0.1) is 0 Å². The smallest absolute Gasteiger partial charge is 0.266 e. The Bertz CT molecular complexity index is 1200. The summed E-state index contributed by atoms with van der Waals surface area (Å²) in [4.78, 5) is 15.3. The Morgan fingerprint density at radius 3 is 2.46 bits per heavy atom. The minimum atomic E-state index is -0.108. The molecule has 26 heavy (non-hydrogen) atoms. The Hall–Kier alpha value is -2.11. The molecule has 0 atom stereocenters. The molecule has 0 aliphatic rings. The summed E-state index contributed by atoms with van der Waals surface area (Å²) in [7, 11) is 0. The number of aromatic nitrogens is 1. The maximum absolute atomic E-state index is 12.4. The Balaban J connectivity index is 2.10. The van der Waals surface area contributed by atoms with Crippen molar-refractivity contribution in [2.75, 3.05) is 0 Å². The topological polar surface area (TPSA) is 53.1 Å². The second-order valence-corrected chi connectivity index (χ2v) is 9.22. The van der Waals surface area contributed by atoms with Crippen LogP contribution in [-0.4, -0.2) is 10.1 Å². The van der Waals surface area contributed by atoms with Crippen LogP contribution in [0.1, 0.15) is 26.3 Å². The number of thiophene rings is 1. The summed E-state index contributed by atoms with van der Waals surface area (Å²) in [6.07, 6.45) is 0. The summed E-state index contributed by atoms with van der Waals surface area (Å²) in [6.45, 7) is 6.52. The highest BCUT2D eigenvalue weighted by Crippen LogP contribution is 2.43. The van der Waals surface area contributed by atoms with E-state index in [1.807, 2.05) is 23.6 Å². The van der Waals surface area contributed by atoms with Crippen molar-refractivity contribution in [3.05, 3.63) is 62.2 Å². The fourth-order valence-corrected chi connectivity index (χ4v) is 4.62. The third kappa shape index (κ3) is 2.66. The molecule has 0 radical (unpaired) electrons. The molecule has 0 unspecified atom stereocenters. The largest absolute Gasteiger partial charge is 0.507 e. The Kier molecular flexibility index (Phi) is 3.97. The number of phenolic OH excluding ortho intramolecular Hbond substituents is 1. The van der Waals surface area contributed by atoms with Crippen LogP contribution in [0.15, 0.2) is 51.0 Å². The van der Waals surface area contributed by atoms with E-state index in [1.165, 1.54) is 16.9 Å². The number of rotatable bonds is 1. The molecule has 0 bridgehead atoms. The predicted molar refractivity (Wildman–Crippen MR) is 113 cm³/mol. The summed E-state index contributed by atoms with van der Waals surface area (Å²) >= 11 is 4.88. The van der Waals surface area contributed by atoms with Gasteiger partial charge in [0.1, 0.15) is 10.4 Å². The zero-order valence-corrected chi connectivity index (χ0v) is 17.1. The predicted octanol–water partition coefficient (Wildman–Crippen LogP) is 6.18. The average Bonchev–Trinajstić information content (AvgIpc) is 3.06. The van der Waals surface area contributed by atoms with Crippen molar-refractivity contribution in [1.82, 2.24) is 4.98 Å². The lowest BCUT2D eigenvalue weighted by Gasteiger charge is -2.19. The molecule has 0 spiro atoms. The summed E-state index contributed by atoms with van der Waals surface area (Å²) in [5.41, 5.74) is 3.55. The normalized spacial score (nSPS) is 12.2. The third-order valence-corrected chi connectivity index (χ3v) is 6.22. The van der Waals surface area contributed by atoms with E-state index >= 15 is 0 Å². The second kappa shape index (κ2) is 5.96. The van der Waals surface area contributed by atoms with Crippen LogP contribution in [0.2, 0.25) is 0 Å². The SMILES string of the molecule is CC(C)(C)c1ccc(-c2c(O)cc(Br)c3[nH]c(=O)c4sccc4c23)cc1. The number of halogens is 1. The van der Waals surface area contributed by atoms with Crippen LogP contribution in [0.3, 0.4) is 0 Å². The molecular weight excluding hydrogens is 410 g/mol. The molecule has 132 valence electrons. The van der Waals surface area contributed by atoms with E-state index in [-0.39, 0.29) is 16.7 Å². The number of benzene rings is 2. The number of pyridine rings is 1. The molecule has 2 aromatic heterocycles. The van der Waals surface area contributed by atoms with Gasteiger partial charge in [0, 0.05) is 20.8 Å². The first-order valence-corrected chi connectivity index (χ1v) is 10.00. The van der Waals surface area contributed by atoms with Crippen LogP contribution in [0.5, 0.6) is 5.75 Å². The van der Waals surface area contributed by atoms with Crippen molar-refractivity contribution >= 4 is 48.3 Å². The van der Waals surface area contributed by atoms with Gasteiger partial charge in [0.25, 0.3) is 5.56 Å². The monoisotopic (exact) mass is 427 g/mol. The quantitative estimate of drug-likeness (QED) is 0.381. The molecule has 0 aliphatic carbocycles. The number of H-pyrrole nitrogens is 1. The number of hydrogen-bond acceptors (Lipinski definition) is 3. The molecule has 4 aromatic rings. The fourth-order valence-electron chi connectivity index (χ4n) is 3.31. The van der Waals surface area contributed by atoms with Gasteiger partial charge < -0.3 is 10.1 Å². The highest BCUT2D eigenvalue weighted by Gasteiger charge is 2.19. The Labute approximate surface area is 163 Å². The van der Waals surface area contributed by atoms with Crippen molar-refractivity contribution in [3.63, 3.8) is 0 Å². The minimum absolute atomic E-state index is 0.0637. The first kappa shape index (κ1) is 17.3. The van der Waals surface area contributed by atoms with Gasteiger partial charge in [-0.25, -0.2) is 0 Å². The molecule has 0 aliphatic heterocycles. The van der Waals surface area contributed by atoms with Crippen molar-refractivity contribution in [2.45, 2.75) is 26.2 Å². The number of phenols is 1. The van der Waals surface area contributed by atoms with Crippen molar-refractivity contribution in [3.8, 4) is 16.9 Å². The van der Waals surface area contributed by atoms with E-state index in [2.05, 4.69) is 53.8 Å². The van der Waals surface area contributed by atoms with Crippen LogP contribution in [0.4, 0.5) is 0 Å². The standard InChI is InChI=1S/C21H18BrNO2S/c1-21(2,3)12-6-4-11(5-7-12)16-15(24)10-14(22)18-17(16)13-8-9-26-19(13)20(25)23-18/h4-10,24H,1-3H3,(H,23,25). The van der Waals surface area contributed by atoms with E-state index in [0.29, 0.717) is 14.7 Å². The molecule has 0 amide bonds. The van der Waals surface area contributed by atoms with Gasteiger partial charge in [-0.2, -0.15) is 0 Å². The summed E-state index contributed by atoms with van der Waals surface area (Å²) < 4.78 is 1.34. The molecule has 0 saturated heterocycles. The molecule has 2 heterocycles. The van der Waals surface area contributed by atoms with Crippen molar-refractivity contribution in [2.24, 2.45) is 0 Å². The maximum Gasteiger partial charge on any atom is 0.266 e. The molecule has 5 heteroatoms. The zero-order valence-electron chi connectivity index (χ0n) is 14.7. The van der Waals surface area contributed by atoms with Crippen LogP contribution in [0.25, 0.3) is 32.1 Å². The van der Waals surface area contributed by atoms with Gasteiger partial charge in [0.05, 0.1) is 5.52 Å². The molecular formula is C21H18BrNO2S. The van der Waals surface area contributed by atoms with Crippen molar-refractivity contribution < 1.29 is 5.11 Å². The van der Waals surface area contributed by atoms with Gasteiger partial charge in [-0.3, -0.25) is 4.79 Å². The van der Waals surface area contributed by atoms with Gasteiger partial charge >= 0.3 is 0 Å². The number of fused-ring (bicyclic) bond motifs is 3. The summed E-state index contributed by atoms with van der Waals surface area (Å²) in [5.74, 6) is 0.187. The first-order valence-electron chi connectivity index (χ1n) is 8.33. The van der Waals surface area contributed by atoms with E-state index in [0.717, 1.165) is 21.9 Å². The molecule has 2 aromatic carbocycles. The summed E-state index contributed by atoms with van der Waals surface area (Å²) in [6, 6.07) is 11.8. The molecule has 4 rings (SSSR count). The second-order valence-electron chi connectivity index (χ2n) is 7.45. The van der Waals surface area contributed by atoms with Crippen LogP contribution in [-0.2, 0) is 5.41 Å². The lowest BCUT2D eigenvalue weighted by atomic mass is 9.86. The zero-order chi connectivity index (χ0) is 18.6. The van der Waals surface area contributed by atoms with Gasteiger partial charge in [0.2, 0.25) is 0 Å². The Morgan fingerprint density at radius 2 is 1.81 bits per heavy atom. The number of aromatic amines is 1. The van der Waals surface area contributed by atoms with E-state index in [4.69, 9.17) is 0 Å². The minimum Gasteiger partial charge on any atom is -0.507 e. The van der Waals surface area contributed by atoms with Crippen LogP contribution < -0.4 is 5.56 Å². The third-order valence-electron chi connectivity index (χ3n) is 4.68. The number of hydrogen-bond donors (Lipinski definition) is 2. The average molecular weight is 428 g/mol.